The fraction of sp³-hybridized carbons (Fsp3) is 0.400. The van der Waals surface area contributed by atoms with Crippen molar-refractivity contribution in [2.24, 2.45) is 0 Å². The number of nitrogens with one attached hydrogen (secondary N) is 3. The zero-order chi connectivity index (χ0) is 26.1. The van der Waals surface area contributed by atoms with Gasteiger partial charge >= 0.3 is 5.97 Å². The highest BCUT2D eigenvalue weighted by Crippen LogP contribution is 2.26. The van der Waals surface area contributed by atoms with E-state index in [-0.39, 0.29) is 23.4 Å². The summed E-state index contributed by atoms with van der Waals surface area (Å²) in [6, 6.07) is 8.22. The molecule has 0 radical (unpaired) electrons. The van der Waals surface area contributed by atoms with Crippen molar-refractivity contribution in [3.8, 4) is 22.7 Å². The van der Waals surface area contributed by atoms with Gasteiger partial charge in [0.1, 0.15) is 6.04 Å². The number of benzene rings is 1. The van der Waals surface area contributed by atoms with Crippen LogP contribution >= 0.6 is 11.8 Å². The van der Waals surface area contributed by atoms with Crippen LogP contribution in [-0.4, -0.2) is 64.2 Å². The minimum absolute atomic E-state index is 0.0783. The number of methoxy groups -OCH3 is 1. The highest BCUT2D eigenvalue weighted by Gasteiger charge is 2.23. The first kappa shape index (κ1) is 27.0. The van der Waals surface area contributed by atoms with E-state index in [9.17, 15) is 14.4 Å². The lowest BCUT2D eigenvalue weighted by Crippen LogP contribution is -2.42. The number of carbonyl (C=O) groups excluding carboxylic acids is 3. The molecule has 0 aliphatic heterocycles. The maximum atomic E-state index is 12.7. The Morgan fingerprint density at radius 1 is 1.11 bits per heavy atom. The Kier molecular flexibility index (Phi) is 9.69. The Balaban J connectivity index is 1.74. The molecule has 1 atom stereocenters. The number of aromatic nitrogens is 3. The van der Waals surface area contributed by atoms with Crippen molar-refractivity contribution in [2.75, 3.05) is 19.1 Å². The highest BCUT2D eigenvalue weighted by molar-refractivity contribution is 7.98. The van der Waals surface area contributed by atoms with E-state index in [1.54, 1.807) is 17.8 Å². The van der Waals surface area contributed by atoms with Gasteiger partial charge < -0.3 is 19.8 Å². The van der Waals surface area contributed by atoms with E-state index < -0.39 is 17.9 Å². The maximum Gasteiger partial charge on any atom is 0.328 e. The summed E-state index contributed by atoms with van der Waals surface area (Å²) in [5.41, 5.74) is 2.15. The van der Waals surface area contributed by atoms with Gasteiger partial charge in [-0.25, -0.2) is 9.78 Å². The van der Waals surface area contributed by atoms with Gasteiger partial charge in [0, 0.05) is 17.2 Å². The molecule has 0 fully saturated rings. The van der Waals surface area contributed by atoms with Gasteiger partial charge in [-0.2, -0.15) is 16.9 Å². The van der Waals surface area contributed by atoms with E-state index in [1.165, 1.54) is 13.3 Å². The Bertz CT molecular complexity index is 1190. The van der Waals surface area contributed by atoms with E-state index in [0.717, 1.165) is 18.4 Å². The van der Waals surface area contributed by atoms with Crippen molar-refractivity contribution in [1.82, 2.24) is 25.8 Å². The smallest absolute Gasteiger partial charge is 0.328 e. The zero-order valence-electron chi connectivity index (χ0n) is 20.8. The van der Waals surface area contributed by atoms with Crippen LogP contribution in [0.4, 0.5) is 0 Å². The fourth-order valence-corrected chi connectivity index (χ4v) is 4.00. The lowest BCUT2D eigenvalue weighted by Gasteiger charge is -2.15. The highest BCUT2D eigenvalue weighted by atomic mass is 32.2. The molecule has 3 N–H and O–H groups in total. The van der Waals surface area contributed by atoms with Crippen LogP contribution in [0.5, 0.6) is 0 Å². The van der Waals surface area contributed by atoms with Crippen LogP contribution in [0, 0.1) is 0 Å². The third kappa shape index (κ3) is 6.75. The second kappa shape index (κ2) is 12.9. The summed E-state index contributed by atoms with van der Waals surface area (Å²) < 4.78 is 10.5. The number of hydrogen-bond acceptors (Lipinski definition) is 8. The molecule has 0 aliphatic rings. The lowest BCUT2D eigenvalue weighted by atomic mass is 10.1. The molecule has 2 aromatic heterocycles. The second-order valence-electron chi connectivity index (χ2n) is 8.09. The number of oxazole rings is 1. The second-order valence-corrected chi connectivity index (χ2v) is 9.08. The third-order valence-corrected chi connectivity index (χ3v) is 6.33. The van der Waals surface area contributed by atoms with Crippen molar-refractivity contribution < 1.29 is 23.5 Å². The van der Waals surface area contributed by atoms with Crippen LogP contribution in [-0.2, 0) is 9.53 Å². The maximum absolute atomic E-state index is 12.7. The molecular formula is C25H31N5O5S. The Morgan fingerprint density at radius 2 is 1.86 bits per heavy atom. The van der Waals surface area contributed by atoms with E-state index in [4.69, 9.17) is 9.15 Å². The summed E-state index contributed by atoms with van der Waals surface area (Å²) >= 11 is 1.57. The van der Waals surface area contributed by atoms with Gasteiger partial charge in [0.2, 0.25) is 11.7 Å². The van der Waals surface area contributed by atoms with Crippen LogP contribution in [0.25, 0.3) is 22.7 Å². The minimum atomic E-state index is -0.750. The number of rotatable bonds is 12. The number of nitrogens with zero attached hydrogens (tertiary/aromatic N) is 2. The summed E-state index contributed by atoms with van der Waals surface area (Å²) in [5, 5.41) is 12.6. The average Bonchev–Trinajstić information content (AvgIpc) is 3.60. The molecule has 0 unspecified atom stereocenters. The summed E-state index contributed by atoms with van der Waals surface area (Å²) in [6.45, 7) is 4.03. The molecule has 3 aromatic rings. The lowest BCUT2D eigenvalue weighted by molar-refractivity contribution is -0.142. The SMILES string of the molecule is CCC(CC)NC(=O)c1cnc(-c2cccc(-c3cc(C(=O)N[C@H](CCSC)C(=O)OC)n[nH]3)c2)o1. The van der Waals surface area contributed by atoms with Gasteiger partial charge in [-0.15, -0.1) is 0 Å². The van der Waals surface area contributed by atoms with Crippen molar-refractivity contribution in [1.29, 1.82) is 0 Å². The van der Waals surface area contributed by atoms with Gasteiger partial charge in [-0.1, -0.05) is 26.0 Å². The first-order chi connectivity index (χ1) is 17.4. The van der Waals surface area contributed by atoms with Crippen LogP contribution < -0.4 is 10.6 Å². The standard InChI is InChI=1S/C25H31N5O5S/c1-5-17(6-2)27-23(32)21-14-26-24(35-21)16-9-7-8-15(12-16)19-13-20(30-29-19)22(31)28-18(10-11-36-4)25(33)34-3/h7-9,12-14,17-18H,5-6,10-11H2,1-4H3,(H,27,32)(H,28,31)(H,29,30)/t18-/m1/s1. The topological polar surface area (TPSA) is 139 Å². The zero-order valence-corrected chi connectivity index (χ0v) is 21.6. The summed E-state index contributed by atoms with van der Waals surface area (Å²) in [4.78, 5) is 41.4. The van der Waals surface area contributed by atoms with Crippen LogP contribution in [0.15, 0.2) is 40.9 Å². The number of hydrogen-bond donors (Lipinski definition) is 3. The van der Waals surface area contributed by atoms with Gasteiger partial charge in [0.25, 0.3) is 11.8 Å². The molecule has 0 saturated carbocycles. The Labute approximate surface area is 214 Å². The van der Waals surface area contributed by atoms with E-state index in [2.05, 4.69) is 25.8 Å². The van der Waals surface area contributed by atoms with Crippen molar-refractivity contribution in [3.05, 3.63) is 48.0 Å². The van der Waals surface area contributed by atoms with Crippen LogP contribution in [0.1, 0.15) is 54.2 Å². The van der Waals surface area contributed by atoms with E-state index in [1.807, 2.05) is 44.4 Å². The van der Waals surface area contributed by atoms with Crippen molar-refractivity contribution >= 4 is 29.5 Å². The first-order valence-electron chi connectivity index (χ1n) is 11.7. The van der Waals surface area contributed by atoms with Gasteiger partial charge in [-0.05, 0) is 49.5 Å². The summed E-state index contributed by atoms with van der Waals surface area (Å²) in [5.74, 6) is -0.139. The number of amides is 2. The van der Waals surface area contributed by atoms with Gasteiger partial charge in [0.05, 0.1) is 19.0 Å². The molecular weight excluding hydrogens is 482 g/mol. The molecule has 0 bridgehead atoms. The molecule has 1 aromatic carbocycles. The number of thioether (sulfide) groups is 1. The Morgan fingerprint density at radius 3 is 2.56 bits per heavy atom. The molecule has 2 heterocycles. The molecule has 11 heteroatoms. The monoisotopic (exact) mass is 513 g/mol. The molecule has 0 saturated heterocycles. The molecule has 10 nitrogen and oxygen atoms in total. The number of H-pyrrole nitrogens is 1. The fourth-order valence-electron chi connectivity index (χ4n) is 3.53. The number of carbonyl (C=O) groups is 3. The summed E-state index contributed by atoms with van der Waals surface area (Å²) in [7, 11) is 1.29. The molecule has 3 rings (SSSR count). The normalized spacial score (nSPS) is 11.8. The Hall–Kier alpha value is -3.60. The van der Waals surface area contributed by atoms with Crippen LogP contribution in [0.2, 0.25) is 0 Å². The van der Waals surface area contributed by atoms with E-state index >= 15 is 0 Å². The first-order valence-corrected chi connectivity index (χ1v) is 13.1. The van der Waals surface area contributed by atoms with Crippen LogP contribution in [0.3, 0.4) is 0 Å². The summed E-state index contributed by atoms with van der Waals surface area (Å²) in [6.07, 6.45) is 5.44. The van der Waals surface area contributed by atoms with Crippen molar-refractivity contribution in [3.63, 3.8) is 0 Å². The van der Waals surface area contributed by atoms with Gasteiger partial charge in [0.15, 0.2) is 5.69 Å². The largest absolute Gasteiger partial charge is 0.467 e. The quantitative estimate of drug-likeness (QED) is 0.312. The number of ether oxygens (including phenoxy) is 1. The number of esters is 1. The molecule has 2 amide bonds. The average molecular weight is 514 g/mol. The predicted molar refractivity (Wildman–Crippen MR) is 138 cm³/mol. The van der Waals surface area contributed by atoms with Gasteiger partial charge in [-0.3, -0.25) is 14.7 Å². The van der Waals surface area contributed by atoms with E-state index in [0.29, 0.717) is 29.3 Å². The third-order valence-electron chi connectivity index (χ3n) is 5.68. The molecule has 192 valence electrons. The minimum Gasteiger partial charge on any atom is -0.467 e. The molecule has 36 heavy (non-hydrogen) atoms. The molecule has 0 aliphatic carbocycles. The molecule has 0 spiro atoms. The van der Waals surface area contributed by atoms with Crippen molar-refractivity contribution in [2.45, 2.75) is 45.2 Å². The number of aromatic amines is 1. The predicted octanol–water partition coefficient (Wildman–Crippen LogP) is 3.67.